The lowest BCUT2D eigenvalue weighted by molar-refractivity contribution is 0.520. The summed E-state index contributed by atoms with van der Waals surface area (Å²) in [5.74, 6) is 0. The second kappa shape index (κ2) is 6.15. The number of hydrogen-bond acceptors (Lipinski definition) is 3. The molecule has 1 aromatic heterocycles. The van der Waals surface area contributed by atoms with E-state index in [9.17, 15) is 9.59 Å². The molecule has 0 amide bonds. The lowest BCUT2D eigenvalue weighted by Gasteiger charge is -2.08. The van der Waals surface area contributed by atoms with Crippen molar-refractivity contribution in [1.29, 1.82) is 0 Å². The first-order valence-corrected chi connectivity index (χ1v) is 4.78. The Morgan fingerprint density at radius 3 is 2.07 bits per heavy atom. The third-order valence-corrected chi connectivity index (χ3v) is 1.89. The van der Waals surface area contributed by atoms with E-state index in [-0.39, 0.29) is 5.56 Å². The zero-order chi connectivity index (χ0) is 10.2. The summed E-state index contributed by atoms with van der Waals surface area (Å²) in [4.78, 5) is 24.7. The Kier molecular flexibility index (Phi) is 4.71. The molecule has 78 valence electrons. The standard InChI is InChI=1S/C5H11N.C4H4N2O2/c1-2-4-6-5-3-1;7-3-1-2-5-4(8)6-3/h6H,1-5H2;1-2H,(H2,5,6,7,8). The molecule has 1 aromatic rings. The van der Waals surface area contributed by atoms with Crippen molar-refractivity contribution in [2.24, 2.45) is 0 Å². The average Bonchev–Trinajstić information content (AvgIpc) is 2.21. The van der Waals surface area contributed by atoms with Gasteiger partial charge in [0.15, 0.2) is 0 Å². The van der Waals surface area contributed by atoms with Crippen molar-refractivity contribution in [1.82, 2.24) is 15.3 Å². The normalized spacial score (nSPS) is 15.4. The maximum atomic E-state index is 10.2. The van der Waals surface area contributed by atoms with Gasteiger partial charge in [-0.05, 0) is 25.9 Å². The number of piperidine rings is 1. The van der Waals surface area contributed by atoms with Crippen molar-refractivity contribution in [3.05, 3.63) is 33.1 Å². The highest BCUT2D eigenvalue weighted by molar-refractivity contribution is 4.77. The van der Waals surface area contributed by atoms with Gasteiger partial charge in [0.05, 0.1) is 0 Å². The van der Waals surface area contributed by atoms with E-state index in [1.807, 2.05) is 4.98 Å². The van der Waals surface area contributed by atoms with Gasteiger partial charge in [-0.3, -0.25) is 9.78 Å². The van der Waals surface area contributed by atoms with Crippen LogP contribution in [-0.4, -0.2) is 23.1 Å². The van der Waals surface area contributed by atoms with Crippen molar-refractivity contribution in [3.8, 4) is 0 Å². The fourth-order valence-electron chi connectivity index (χ4n) is 1.18. The Morgan fingerprint density at radius 2 is 1.79 bits per heavy atom. The molecule has 1 aliphatic heterocycles. The Labute approximate surface area is 81.6 Å². The van der Waals surface area contributed by atoms with Gasteiger partial charge in [-0.25, -0.2) is 4.79 Å². The van der Waals surface area contributed by atoms with Crippen LogP contribution in [0.4, 0.5) is 0 Å². The van der Waals surface area contributed by atoms with E-state index >= 15 is 0 Å². The van der Waals surface area contributed by atoms with Crippen LogP contribution in [0.2, 0.25) is 0 Å². The molecular weight excluding hydrogens is 182 g/mol. The summed E-state index contributed by atoms with van der Waals surface area (Å²) in [6.45, 7) is 2.50. The van der Waals surface area contributed by atoms with Gasteiger partial charge < -0.3 is 10.3 Å². The largest absolute Gasteiger partial charge is 0.325 e. The van der Waals surface area contributed by atoms with E-state index < -0.39 is 5.69 Å². The van der Waals surface area contributed by atoms with Gasteiger partial charge in [0.25, 0.3) is 5.56 Å². The van der Waals surface area contributed by atoms with Crippen molar-refractivity contribution in [3.63, 3.8) is 0 Å². The molecule has 0 aromatic carbocycles. The maximum Gasteiger partial charge on any atom is 0.325 e. The molecule has 1 fully saturated rings. The molecule has 0 bridgehead atoms. The third kappa shape index (κ3) is 4.61. The topological polar surface area (TPSA) is 77.8 Å². The van der Waals surface area contributed by atoms with Gasteiger partial charge >= 0.3 is 5.69 Å². The van der Waals surface area contributed by atoms with E-state index in [0.29, 0.717) is 0 Å². The molecule has 0 aliphatic carbocycles. The Balaban J connectivity index is 0.000000146. The lowest BCUT2D eigenvalue weighted by atomic mass is 10.2. The molecule has 0 saturated carbocycles. The fraction of sp³-hybridized carbons (Fsp3) is 0.556. The Morgan fingerprint density at radius 1 is 1.07 bits per heavy atom. The summed E-state index contributed by atoms with van der Waals surface area (Å²) in [5.41, 5.74) is -0.855. The van der Waals surface area contributed by atoms with Gasteiger partial charge in [0.2, 0.25) is 0 Å². The van der Waals surface area contributed by atoms with Crippen LogP contribution in [0, 0.1) is 0 Å². The lowest BCUT2D eigenvalue weighted by Crippen LogP contribution is -2.21. The first-order chi connectivity index (χ1) is 6.79. The monoisotopic (exact) mass is 197 g/mol. The molecule has 14 heavy (non-hydrogen) atoms. The number of nitrogens with one attached hydrogen (secondary N) is 3. The minimum atomic E-state index is -0.475. The molecule has 3 N–H and O–H groups in total. The van der Waals surface area contributed by atoms with E-state index in [2.05, 4.69) is 10.3 Å². The van der Waals surface area contributed by atoms with Crippen molar-refractivity contribution in [2.75, 3.05) is 13.1 Å². The van der Waals surface area contributed by atoms with Crippen LogP contribution >= 0.6 is 0 Å². The Bertz CT molecular complexity index is 315. The van der Waals surface area contributed by atoms with Crippen LogP contribution in [0.1, 0.15) is 19.3 Å². The van der Waals surface area contributed by atoms with Gasteiger partial charge in [-0.2, -0.15) is 0 Å². The summed E-state index contributed by atoms with van der Waals surface area (Å²) in [7, 11) is 0. The predicted molar refractivity (Wildman–Crippen MR) is 54.4 cm³/mol. The van der Waals surface area contributed by atoms with Crippen molar-refractivity contribution in [2.45, 2.75) is 19.3 Å². The fourth-order valence-corrected chi connectivity index (χ4v) is 1.18. The van der Waals surface area contributed by atoms with Crippen LogP contribution in [0.5, 0.6) is 0 Å². The molecule has 2 rings (SSSR count). The van der Waals surface area contributed by atoms with Gasteiger partial charge in [0, 0.05) is 12.3 Å². The van der Waals surface area contributed by atoms with E-state index in [1.165, 1.54) is 44.6 Å². The van der Waals surface area contributed by atoms with E-state index in [4.69, 9.17) is 0 Å². The highest BCUT2D eigenvalue weighted by atomic mass is 16.2. The SMILES string of the molecule is C1CCNCC1.O=c1cc[nH]c(=O)[nH]1. The number of H-pyrrole nitrogens is 2. The minimum absolute atomic E-state index is 0.381. The molecule has 0 spiro atoms. The molecule has 5 nitrogen and oxygen atoms in total. The second-order valence-corrected chi connectivity index (χ2v) is 3.11. The first kappa shape index (κ1) is 10.7. The van der Waals surface area contributed by atoms with Gasteiger partial charge in [0.1, 0.15) is 0 Å². The molecule has 1 aliphatic rings. The summed E-state index contributed by atoms with van der Waals surface area (Å²) in [6.07, 6.45) is 5.51. The highest BCUT2D eigenvalue weighted by Gasteiger charge is 1.93. The predicted octanol–water partition coefficient (Wildman–Crippen LogP) is -0.177. The van der Waals surface area contributed by atoms with Crippen LogP contribution in [0.3, 0.4) is 0 Å². The van der Waals surface area contributed by atoms with Crippen molar-refractivity contribution >= 4 is 0 Å². The molecular formula is C9H15N3O2. The zero-order valence-electron chi connectivity index (χ0n) is 8.01. The molecule has 5 heteroatoms. The second-order valence-electron chi connectivity index (χ2n) is 3.11. The number of aromatic amines is 2. The third-order valence-electron chi connectivity index (χ3n) is 1.89. The van der Waals surface area contributed by atoms with E-state index in [1.54, 1.807) is 0 Å². The maximum absolute atomic E-state index is 10.2. The molecule has 0 radical (unpaired) electrons. The Hall–Kier alpha value is -1.36. The summed E-state index contributed by atoms with van der Waals surface area (Å²) >= 11 is 0. The number of rotatable bonds is 0. The zero-order valence-corrected chi connectivity index (χ0v) is 8.01. The first-order valence-electron chi connectivity index (χ1n) is 4.78. The highest BCUT2D eigenvalue weighted by Crippen LogP contribution is 1.96. The van der Waals surface area contributed by atoms with Crippen LogP contribution in [0.25, 0.3) is 0 Å². The quantitative estimate of drug-likeness (QED) is 0.540. The molecule has 1 saturated heterocycles. The number of aromatic nitrogens is 2. The van der Waals surface area contributed by atoms with Gasteiger partial charge in [-0.15, -0.1) is 0 Å². The smallest absolute Gasteiger partial charge is 0.317 e. The molecule has 0 atom stereocenters. The van der Waals surface area contributed by atoms with Crippen molar-refractivity contribution < 1.29 is 0 Å². The number of hydrogen-bond donors (Lipinski definition) is 3. The van der Waals surface area contributed by atoms with E-state index in [0.717, 1.165) is 0 Å². The molecule has 2 heterocycles. The van der Waals surface area contributed by atoms with Crippen LogP contribution in [-0.2, 0) is 0 Å². The summed E-state index contributed by atoms with van der Waals surface area (Å²) < 4.78 is 0. The summed E-state index contributed by atoms with van der Waals surface area (Å²) in [6, 6.07) is 1.24. The molecule has 0 unspecified atom stereocenters. The minimum Gasteiger partial charge on any atom is -0.317 e. The summed E-state index contributed by atoms with van der Waals surface area (Å²) in [5, 5.41) is 3.28. The van der Waals surface area contributed by atoms with Crippen LogP contribution < -0.4 is 16.6 Å². The van der Waals surface area contributed by atoms with Gasteiger partial charge in [-0.1, -0.05) is 6.42 Å². The average molecular weight is 197 g/mol. The van der Waals surface area contributed by atoms with Crippen LogP contribution in [0.15, 0.2) is 21.9 Å².